The maximum absolute atomic E-state index is 12.0. The minimum Gasteiger partial charge on any atom is -0.478 e. The van der Waals surface area contributed by atoms with Crippen molar-refractivity contribution in [1.82, 2.24) is 0 Å². The van der Waals surface area contributed by atoms with Crippen LogP contribution in [0.15, 0.2) is 41.0 Å². The molecule has 0 aliphatic carbocycles. The predicted molar refractivity (Wildman–Crippen MR) is 69.4 cm³/mol. The molecular weight excluding hydrogens is 246 g/mol. The number of hydrogen-bond donors (Lipinski definition) is 2. The molecule has 0 aliphatic rings. The minimum absolute atomic E-state index is 0.126. The van der Waals surface area contributed by atoms with Crippen LogP contribution in [-0.4, -0.2) is 17.0 Å². The Kier molecular flexibility index (Phi) is 3.66. The smallest absolute Gasteiger partial charge is 0.335 e. The van der Waals surface area contributed by atoms with Crippen LogP contribution in [0.5, 0.6) is 0 Å². The molecule has 0 radical (unpaired) electrons. The number of aryl methyl sites for hydroxylation is 1. The van der Waals surface area contributed by atoms with E-state index in [0.717, 1.165) is 0 Å². The fourth-order valence-corrected chi connectivity index (χ4v) is 1.75. The highest BCUT2D eigenvalue weighted by Crippen LogP contribution is 2.15. The van der Waals surface area contributed by atoms with Gasteiger partial charge in [-0.1, -0.05) is 13.0 Å². The predicted octanol–water partition coefficient (Wildman–Crippen LogP) is 2.79. The van der Waals surface area contributed by atoms with Gasteiger partial charge in [0.2, 0.25) is 0 Å². The molecule has 0 fully saturated rings. The van der Waals surface area contributed by atoms with Crippen molar-refractivity contribution in [2.75, 3.05) is 5.32 Å². The first-order valence-electron chi connectivity index (χ1n) is 5.83. The lowest BCUT2D eigenvalue weighted by atomic mass is 10.1. The van der Waals surface area contributed by atoms with Gasteiger partial charge < -0.3 is 14.8 Å². The van der Waals surface area contributed by atoms with E-state index in [1.807, 2.05) is 6.92 Å². The molecular formula is C14H13NO4. The SMILES string of the molecule is CCc1occc1C(=O)Nc1cccc(C(=O)O)c1. The molecule has 98 valence electrons. The highest BCUT2D eigenvalue weighted by atomic mass is 16.4. The standard InChI is InChI=1S/C14H13NO4/c1-2-12-11(6-7-19-12)13(16)15-10-5-3-4-9(8-10)14(17)18/h3-8H,2H2,1H3,(H,15,16)(H,17,18). The van der Waals surface area contributed by atoms with Gasteiger partial charge >= 0.3 is 5.97 Å². The van der Waals surface area contributed by atoms with E-state index < -0.39 is 5.97 Å². The van der Waals surface area contributed by atoms with Crippen LogP contribution in [0.4, 0.5) is 5.69 Å². The third-order valence-corrected chi connectivity index (χ3v) is 2.68. The zero-order valence-electron chi connectivity index (χ0n) is 10.3. The van der Waals surface area contributed by atoms with Gasteiger partial charge in [-0.05, 0) is 24.3 Å². The molecule has 0 saturated heterocycles. The van der Waals surface area contributed by atoms with Gasteiger partial charge in [0.1, 0.15) is 5.76 Å². The van der Waals surface area contributed by atoms with Gasteiger partial charge in [-0.3, -0.25) is 4.79 Å². The van der Waals surface area contributed by atoms with Crippen molar-refractivity contribution >= 4 is 17.6 Å². The van der Waals surface area contributed by atoms with Crippen molar-refractivity contribution in [2.45, 2.75) is 13.3 Å². The average Bonchev–Trinajstić information content (AvgIpc) is 2.87. The largest absolute Gasteiger partial charge is 0.478 e. The summed E-state index contributed by atoms with van der Waals surface area (Å²) in [5.41, 5.74) is 1.03. The maximum atomic E-state index is 12.0. The second-order valence-electron chi connectivity index (χ2n) is 3.95. The molecule has 0 aliphatic heterocycles. The molecule has 1 aromatic carbocycles. The zero-order valence-corrected chi connectivity index (χ0v) is 10.3. The zero-order chi connectivity index (χ0) is 13.8. The Hall–Kier alpha value is -2.56. The number of hydrogen-bond acceptors (Lipinski definition) is 3. The Labute approximate surface area is 109 Å². The van der Waals surface area contributed by atoms with Gasteiger partial charge in [-0.2, -0.15) is 0 Å². The average molecular weight is 259 g/mol. The molecule has 0 atom stereocenters. The molecule has 5 heteroatoms. The lowest BCUT2D eigenvalue weighted by Gasteiger charge is -2.05. The first-order chi connectivity index (χ1) is 9.11. The molecule has 1 aromatic heterocycles. The molecule has 19 heavy (non-hydrogen) atoms. The van der Waals surface area contributed by atoms with Crippen molar-refractivity contribution < 1.29 is 19.1 Å². The summed E-state index contributed by atoms with van der Waals surface area (Å²) in [6.45, 7) is 1.89. The Balaban J connectivity index is 2.19. The Morgan fingerprint density at radius 1 is 1.32 bits per heavy atom. The van der Waals surface area contributed by atoms with Crippen LogP contribution < -0.4 is 5.32 Å². The Morgan fingerprint density at radius 3 is 2.79 bits per heavy atom. The second-order valence-corrected chi connectivity index (χ2v) is 3.95. The quantitative estimate of drug-likeness (QED) is 0.884. The van der Waals surface area contributed by atoms with Crippen LogP contribution in [0.25, 0.3) is 0 Å². The van der Waals surface area contributed by atoms with Gasteiger partial charge in [0.25, 0.3) is 5.91 Å². The van der Waals surface area contributed by atoms with Crippen LogP contribution in [0.1, 0.15) is 33.4 Å². The van der Waals surface area contributed by atoms with E-state index in [1.165, 1.54) is 18.4 Å². The van der Waals surface area contributed by atoms with Crippen LogP contribution in [0.2, 0.25) is 0 Å². The number of carbonyl (C=O) groups is 2. The molecule has 1 amide bonds. The van der Waals surface area contributed by atoms with E-state index in [1.54, 1.807) is 18.2 Å². The highest BCUT2D eigenvalue weighted by Gasteiger charge is 2.14. The molecule has 1 heterocycles. The molecule has 5 nitrogen and oxygen atoms in total. The van der Waals surface area contributed by atoms with Crippen molar-refractivity contribution in [3.05, 3.63) is 53.5 Å². The maximum Gasteiger partial charge on any atom is 0.335 e. The van der Waals surface area contributed by atoms with E-state index in [4.69, 9.17) is 9.52 Å². The number of furan rings is 1. The topological polar surface area (TPSA) is 79.5 Å². The van der Waals surface area contributed by atoms with Crippen molar-refractivity contribution in [2.24, 2.45) is 0 Å². The van der Waals surface area contributed by atoms with Crippen LogP contribution in [0.3, 0.4) is 0 Å². The normalized spacial score (nSPS) is 10.2. The summed E-state index contributed by atoms with van der Waals surface area (Å²) < 4.78 is 5.18. The van der Waals surface area contributed by atoms with Crippen LogP contribution in [0, 0.1) is 0 Å². The van der Waals surface area contributed by atoms with E-state index in [9.17, 15) is 9.59 Å². The monoisotopic (exact) mass is 259 g/mol. The van der Waals surface area contributed by atoms with E-state index >= 15 is 0 Å². The molecule has 0 saturated carbocycles. The lowest BCUT2D eigenvalue weighted by Crippen LogP contribution is -2.13. The number of carboxylic acids is 1. The third-order valence-electron chi connectivity index (χ3n) is 2.68. The van der Waals surface area contributed by atoms with Crippen molar-refractivity contribution in [1.29, 1.82) is 0 Å². The van der Waals surface area contributed by atoms with Gasteiger partial charge in [-0.25, -0.2) is 4.79 Å². The van der Waals surface area contributed by atoms with Crippen LogP contribution in [-0.2, 0) is 6.42 Å². The molecule has 0 unspecified atom stereocenters. The fourth-order valence-electron chi connectivity index (χ4n) is 1.75. The van der Waals surface area contributed by atoms with Gasteiger partial charge in [0.05, 0.1) is 17.4 Å². The fraction of sp³-hybridized carbons (Fsp3) is 0.143. The number of aromatic carboxylic acids is 1. The van der Waals surface area contributed by atoms with E-state index in [0.29, 0.717) is 23.4 Å². The number of anilines is 1. The molecule has 2 N–H and O–H groups in total. The Bertz CT molecular complexity index is 615. The summed E-state index contributed by atoms with van der Waals surface area (Å²) in [7, 11) is 0. The summed E-state index contributed by atoms with van der Waals surface area (Å²) in [5, 5.41) is 11.5. The van der Waals surface area contributed by atoms with Crippen molar-refractivity contribution in [3.63, 3.8) is 0 Å². The minimum atomic E-state index is -1.03. The highest BCUT2D eigenvalue weighted by molar-refractivity contribution is 6.05. The van der Waals surface area contributed by atoms with E-state index in [2.05, 4.69) is 5.32 Å². The van der Waals surface area contributed by atoms with Crippen LogP contribution >= 0.6 is 0 Å². The third kappa shape index (κ3) is 2.82. The number of nitrogens with one attached hydrogen (secondary N) is 1. The number of carbonyl (C=O) groups excluding carboxylic acids is 1. The summed E-state index contributed by atoms with van der Waals surface area (Å²) in [4.78, 5) is 22.9. The number of carboxylic acid groups (broad SMARTS) is 1. The summed E-state index contributed by atoms with van der Waals surface area (Å²) >= 11 is 0. The van der Waals surface area contributed by atoms with Gasteiger partial charge in [0, 0.05) is 12.1 Å². The summed E-state index contributed by atoms with van der Waals surface area (Å²) in [6, 6.07) is 7.68. The molecule has 2 rings (SSSR count). The first-order valence-corrected chi connectivity index (χ1v) is 5.83. The molecule has 2 aromatic rings. The van der Waals surface area contributed by atoms with Crippen molar-refractivity contribution in [3.8, 4) is 0 Å². The summed E-state index contributed by atoms with van der Waals surface area (Å²) in [5.74, 6) is -0.742. The lowest BCUT2D eigenvalue weighted by molar-refractivity contribution is 0.0696. The number of amides is 1. The molecule has 0 spiro atoms. The van der Waals surface area contributed by atoms with Gasteiger partial charge in [-0.15, -0.1) is 0 Å². The first kappa shape index (κ1) is 12.9. The second kappa shape index (κ2) is 5.39. The number of rotatable bonds is 4. The summed E-state index contributed by atoms with van der Waals surface area (Å²) in [6.07, 6.45) is 2.08. The number of benzene rings is 1. The van der Waals surface area contributed by atoms with E-state index in [-0.39, 0.29) is 11.5 Å². The molecule has 0 bridgehead atoms. The van der Waals surface area contributed by atoms with Gasteiger partial charge in [0.15, 0.2) is 0 Å². The Morgan fingerprint density at radius 2 is 2.11 bits per heavy atom.